The summed E-state index contributed by atoms with van der Waals surface area (Å²) in [5.41, 5.74) is 5.21. The van der Waals surface area contributed by atoms with Gasteiger partial charge in [0.2, 0.25) is 15.9 Å². The minimum atomic E-state index is -3.41. The summed E-state index contributed by atoms with van der Waals surface area (Å²) in [6.45, 7) is 5.53. The first-order chi connectivity index (χ1) is 7.33. The number of likely N-dealkylation sites (N-methyl/N-ethyl adjacent to an activating group) is 1. The van der Waals surface area contributed by atoms with Gasteiger partial charge in [0.15, 0.2) is 0 Å². The molecule has 0 aromatic rings. The molecule has 3 N–H and O–H groups in total. The van der Waals surface area contributed by atoms with E-state index in [1.807, 2.05) is 13.8 Å². The van der Waals surface area contributed by atoms with E-state index in [0.29, 0.717) is 0 Å². The van der Waals surface area contributed by atoms with Gasteiger partial charge in [-0.2, -0.15) is 4.31 Å². The number of carbonyl (C=O) groups is 1. The van der Waals surface area contributed by atoms with Gasteiger partial charge in [-0.05, 0) is 13.8 Å². The number of hydrogen-bond donors (Lipinski definition) is 2. The third-order valence-electron chi connectivity index (χ3n) is 1.89. The van der Waals surface area contributed by atoms with Crippen LogP contribution in [0, 0.1) is 0 Å². The number of carbonyl (C=O) groups excluding carboxylic acids is 1. The summed E-state index contributed by atoms with van der Waals surface area (Å²) < 4.78 is 24.4. The van der Waals surface area contributed by atoms with Crippen molar-refractivity contribution >= 4 is 15.9 Å². The number of rotatable bonds is 7. The number of hydrogen-bond acceptors (Lipinski definition) is 4. The molecule has 0 rings (SSSR count). The normalized spacial score (nSPS) is 12.1. The number of nitrogens with one attached hydrogen (secondary N) is 1. The standard InChI is InChI=1S/C9H21N3O3S/c1-4-12(16(14,15)6-5-10)7-9(13)11-8(2)3/h8H,4-7,10H2,1-3H3,(H,11,13). The summed E-state index contributed by atoms with van der Waals surface area (Å²) in [7, 11) is -3.41. The number of nitrogens with zero attached hydrogens (tertiary/aromatic N) is 1. The van der Waals surface area contributed by atoms with Crippen LogP contribution in [0.5, 0.6) is 0 Å². The third-order valence-corrected chi connectivity index (χ3v) is 3.82. The lowest BCUT2D eigenvalue weighted by molar-refractivity contribution is -0.121. The zero-order valence-corrected chi connectivity index (χ0v) is 10.9. The van der Waals surface area contributed by atoms with Gasteiger partial charge in [-0.3, -0.25) is 4.79 Å². The fraction of sp³-hybridized carbons (Fsp3) is 0.889. The molecular formula is C9H21N3O3S. The minimum Gasteiger partial charge on any atom is -0.353 e. The molecule has 7 heteroatoms. The van der Waals surface area contributed by atoms with Crippen LogP contribution in [0.4, 0.5) is 0 Å². The van der Waals surface area contributed by atoms with Gasteiger partial charge in [0.25, 0.3) is 0 Å². The maximum atomic E-state index is 11.6. The minimum absolute atomic E-state index is 0.00317. The molecule has 0 heterocycles. The second-order valence-electron chi connectivity index (χ2n) is 3.75. The van der Waals surface area contributed by atoms with Crippen LogP contribution >= 0.6 is 0 Å². The predicted octanol–water partition coefficient (Wildman–Crippen LogP) is -0.879. The van der Waals surface area contributed by atoms with Crippen molar-refractivity contribution < 1.29 is 13.2 Å². The predicted molar refractivity (Wildman–Crippen MR) is 63.4 cm³/mol. The van der Waals surface area contributed by atoms with Crippen LogP contribution in [0.2, 0.25) is 0 Å². The van der Waals surface area contributed by atoms with Gasteiger partial charge in [0.1, 0.15) is 0 Å². The topological polar surface area (TPSA) is 92.5 Å². The first kappa shape index (κ1) is 15.3. The van der Waals surface area contributed by atoms with E-state index in [4.69, 9.17) is 5.73 Å². The zero-order chi connectivity index (χ0) is 12.8. The summed E-state index contributed by atoms with van der Waals surface area (Å²) in [5.74, 6) is -0.423. The molecule has 0 bridgehead atoms. The van der Waals surface area contributed by atoms with Crippen molar-refractivity contribution in [2.24, 2.45) is 5.73 Å². The van der Waals surface area contributed by atoms with E-state index in [1.165, 1.54) is 0 Å². The van der Waals surface area contributed by atoms with Gasteiger partial charge in [-0.15, -0.1) is 0 Å². The van der Waals surface area contributed by atoms with Gasteiger partial charge < -0.3 is 11.1 Å². The molecule has 0 aliphatic heterocycles. The van der Waals surface area contributed by atoms with Crippen LogP contribution in [-0.2, 0) is 14.8 Å². The smallest absolute Gasteiger partial charge is 0.235 e. The second kappa shape index (κ2) is 6.82. The lowest BCUT2D eigenvalue weighted by atomic mass is 10.4. The Morgan fingerprint density at radius 2 is 2.00 bits per heavy atom. The van der Waals surface area contributed by atoms with Crippen molar-refractivity contribution in [1.82, 2.24) is 9.62 Å². The Labute approximate surface area is 97.2 Å². The first-order valence-corrected chi connectivity index (χ1v) is 6.91. The van der Waals surface area contributed by atoms with E-state index in [-0.39, 0.29) is 37.3 Å². The maximum absolute atomic E-state index is 11.6. The van der Waals surface area contributed by atoms with E-state index in [0.717, 1.165) is 4.31 Å². The SMILES string of the molecule is CCN(CC(=O)NC(C)C)S(=O)(=O)CCN. The summed E-state index contributed by atoms with van der Waals surface area (Å²) in [5, 5.41) is 2.65. The summed E-state index contributed by atoms with van der Waals surface area (Å²) in [4.78, 5) is 11.4. The molecule has 0 aromatic carbocycles. The van der Waals surface area contributed by atoms with Gasteiger partial charge in [-0.1, -0.05) is 6.92 Å². The Morgan fingerprint density at radius 1 is 1.44 bits per heavy atom. The second-order valence-corrected chi connectivity index (χ2v) is 5.84. The highest BCUT2D eigenvalue weighted by Crippen LogP contribution is 2.00. The highest BCUT2D eigenvalue weighted by Gasteiger charge is 2.22. The molecule has 16 heavy (non-hydrogen) atoms. The lowest BCUT2D eigenvalue weighted by Crippen LogP contribution is -2.44. The van der Waals surface area contributed by atoms with Crippen molar-refractivity contribution in [1.29, 1.82) is 0 Å². The maximum Gasteiger partial charge on any atom is 0.235 e. The molecule has 6 nitrogen and oxygen atoms in total. The van der Waals surface area contributed by atoms with Crippen LogP contribution in [0.15, 0.2) is 0 Å². The number of sulfonamides is 1. The molecule has 0 unspecified atom stereocenters. The van der Waals surface area contributed by atoms with Crippen LogP contribution in [0.3, 0.4) is 0 Å². The Balaban J connectivity index is 4.47. The lowest BCUT2D eigenvalue weighted by Gasteiger charge is -2.20. The van der Waals surface area contributed by atoms with E-state index in [1.54, 1.807) is 6.92 Å². The van der Waals surface area contributed by atoms with Crippen LogP contribution in [-0.4, -0.2) is 50.1 Å². The monoisotopic (exact) mass is 251 g/mol. The Bertz CT molecular complexity index is 314. The fourth-order valence-electron chi connectivity index (χ4n) is 1.21. The molecule has 0 aromatic heterocycles. The molecular weight excluding hydrogens is 230 g/mol. The molecule has 1 amide bonds. The first-order valence-electron chi connectivity index (χ1n) is 5.30. The Hall–Kier alpha value is -0.660. The Morgan fingerprint density at radius 3 is 2.38 bits per heavy atom. The van der Waals surface area contributed by atoms with Crippen LogP contribution in [0.25, 0.3) is 0 Å². The van der Waals surface area contributed by atoms with Crippen LogP contribution < -0.4 is 11.1 Å². The molecule has 0 aliphatic carbocycles. The van der Waals surface area contributed by atoms with Gasteiger partial charge >= 0.3 is 0 Å². The van der Waals surface area contributed by atoms with E-state index < -0.39 is 10.0 Å². The molecule has 0 saturated carbocycles. The number of amides is 1. The summed E-state index contributed by atoms with van der Waals surface area (Å²) in [6.07, 6.45) is 0. The number of nitrogens with two attached hydrogens (primary N) is 1. The average Bonchev–Trinajstić information content (AvgIpc) is 2.12. The third kappa shape index (κ3) is 5.43. The molecule has 0 saturated heterocycles. The van der Waals surface area contributed by atoms with Gasteiger partial charge in [0, 0.05) is 19.1 Å². The molecule has 0 spiro atoms. The average molecular weight is 251 g/mol. The van der Waals surface area contributed by atoms with E-state index >= 15 is 0 Å². The highest BCUT2D eigenvalue weighted by molar-refractivity contribution is 7.89. The van der Waals surface area contributed by atoms with Crippen molar-refractivity contribution in [3.63, 3.8) is 0 Å². The Kier molecular flexibility index (Phi) is 6.54. The fourth-order valence-corrected chi connectivity index (χ4v) is 2.48. The quantitative estimate of drug-likeness (QED) is 0.614. The van der Waals surface area contributed by atoms with Gasteiger partial charge in [0.05, 0.1) is 12.3 Å². The zero-order valence-electron chi connectivity index (χ0n) is 10.1. The molecule has 0 radical (unpaired) electrons. The van der Waals surface area contributed by atoms with Crippen molar-refractivity contribution in [3.8, 4) is 0 Å². The van der Waals surface area contributed by atoms with E-state index in [9.17, 15) is 13.2 Å². The molecule has 96 valence electrons. The van der Waals surface area contributed by atoms with Crippen LogP contribution in [0.1, 0.15) is 20.8 Å². The molecule has 0 aliphatic rings. The molecule has 0 fully saturated rings. The van der Waals surface area contributed by atoms with Gasteiger partial charge in [-0.25, -0.2) is 8.42 Å². The summed E-state index contributed by atoms with van der Waals surface area (Å²) in [6, 6.07) is 0.00317. The molecule has 0 atom stereocenters. The van der Waals surface area contributed by atoms with E-state index in [2.05, 4.69) is 5.32 Å². The largest absolute Gasteiger partial charge is 0.353 e. The van der Waals surface area contributed by atoms with Crippen molar-refractivity contribution in [2.75, 3.05) is 25.4 Å². The summed E-state index contributed by atoms with van der Waals surface area (Å²) >= 11 is 0. The highest BCUT2D eigenvalue weighted by atomic mass is 32.2. The van der Waals surface area contributed by atoms with Crippen molar-refractivity contribution in [3.05, 3.63) is 0 Å². The van der Waals surface area contributed by atoms with Crippen molar-refractivity contribution in [2.45, 2.75) is 26.8 Å².